The molecule has 2 aliphatic rings. The summed E-state index contributed by atoms with van der Waals surface area (Å²) in [6.45, 7) is 5.35. The maximum Gasteiger partial charge on any atom is 0.213 e. The molecule has 0 spiro atoms. The summed E-state index contributed by atoms with van der Waals surface area (Å²) >= 11 is 0. The molecule has 0 saturated heterocycles. The fourth-order valence-electron chi connectivity index (χ4n) is 2.88. The van der Waals surface area contributed by atoms with Gasteiger partial charge in [-0.05, 0) is 56.9 Å². The maximum atomic E-state index is 6.05. The molecule has 3 heteroatoms. The quantitative estimate of drug-likeness (QED) is 0.891. The Morgan fingerprint density at radius 2 is 1.90 bits per heavy atom. The summed E-state index contributed by atoms with van der Waals surface area (Å²) in [5.74, 6) is 1.66. The van der Waals surface area contributed by atoms with Crippen molar-refractivity contribution in [3.05, 3.63) is 23.4 Å². The smallest absolute Gasteiger partial charge is 0.213 e. The summed E-state index contributed by atoms with van der Waals surface area (Å²) in [4.78, 5) is 4.62. The van der Waals surface area contributed by atoms with Crippen LogP contribution >= 0.6 is 0 Å². The average molecular weight is 274 g/mol. The molecule has 1 heterocycles. The summed E-state index contributed by atoms with van der Waals surface area (Å²) in [6.07, 6.45) is 7.94. The molecule has 0 bridgehead atoms. The molecule has 0 amide bonds. The first-order chi connectivity index (χ1) is 9.70. The van der Waals surface area contributed by atoms with Crippen LogP contribution in [0.25, 0.3) is 0 Å². The van der Waals surface area contributed by atoms with Crippen molar-refractivity contribution >= 4 is 0 Å². The number of pyridine rings is 1. The monoisotopic (exact) mass is 274 g/mol. The molecule has 1 aromatic rings. The number of hydrogen-bond donors (Lipinski definition) is 1. The minimum absolute atomic E-state index is 0.369. The molecule has 0 aliphatic heterocycles. The van der Waals surface area contributed by atoms with Crippen molar-refractivity contribution in [1.82, 2.24) is 10.3 Å². The molecule has 0 unspecified atom stereocenters. The largest absolute Gasteiger partial charge is 0.474 e. The Balaban J connectivity index is 1.55. The minimum Gasteiger partial charge on any atom is -0.474 e. The number of nitrogens with one attached hydrogen (secondary N) is 1. The van der Waals surface area contributed by atoms with Gasteiger partial charge >= 0.3 is 0 Å². The predicted octanol–water partition coefficient (Wildman–Crippen LogP) is 3.60. The normalized spacial score (nSPS) is 26.5. The molecule has 2 aliphatic carbocycles. The number of nitrogens with zero attached hydrogens (tertiary/aromatic N) is 1. The molecular weight excluding hydrogens is 248 g/mol. The van der Waals surface area contributed by atoms with Crippen LogP contribution < -0.4 is 10.1 Å². The molecule has 0 radical (unpaired) electrons. The first kappa shape index (κ1) is 13.9. The van der Waals surface area contributed by atoms with Crippen molar-refractivity contribution in [2.24, 2.45) is 5.92 Å². The third-order valence-electron chi connectivity index (χ3n) is 4.58. The molecule has 1 N–H and O–H groups in total. The van der Waals surface area contributed by atoms with Crippen LogP contribution in [0.3, 0.4) is 0 Å². The average Bonchev–Trinajstić information content (AvgIpc) is 3.25. The summed E-state index contributed by atoms with van der Waals surface area (Å²) in [7, 11) is 0. The highest BCUT2D eigenvalue weighted by atomic mass is 16.5. The van der Waals surface area contributed by atoms with E-state index < -0.39 is 0 Å². The Bertz CT molecular complexity index is 448. The molecule has 2 fully saturated rings. The second-order valence-electron chi connectivity index (χ2n) is 6.55. The third-order valence-corrected chi connectivity index (χ3v) is 4.58. The maximum absolute atomic E-state index is 6.05. The topological polar surface area (TPSA) is 34.1 Å². The van der Waals surface area contributed by atoms with Crippen LogP contribution in [0, 0.1) is 12.8 Å². The van der Waals surface area contributed by atoms with E-state index in [-0.39, 0.29) is 0 Å². The summed E-state index contributed by atoms with van der Waals surface area (Å²) < 4.78 is 6.05. The summed E-state index contributed by atoms with van der Waals surface area (Å²) in [6, 6.07) is 4.95. The molecule has 2 saturated carbocycles. The lowest BCUT2D eigenvalue weighted by atomic mass is 9.89. The zero-order valence-corrected chi connectivity index (χ0v) is 12.7. The van der Waals surface area contributed by atoms with E-state index in [4.69, 9.17) is 4.74 Å². The van der Waals surface area contributed by atoms with Gasteiger partial charge in [-0.15, -0.1) is 0 Å². The van der Waals surface area contributed by atoms with E-state index in [0.717, 1.165) is 30.1 Å². The SMILES string of the molecule is Cc1nc(OC2CCC(C)CC2)ccc1CNC1CC1. The van der Waals surface area contributed by atoms with E-state index in [1.54, 1.807) is 0 Å². The van der Waals surface area contributed by atoms with Crippen molar-refractivity contribution in [1.29, 1.82) is 0 Å². The van der Waals surface area contributed by atoms with Crippen molar-refractivity contribution in [3.63, 3.8) is 0 Å². The number of rotatable bonds is 5. The molecule has 3 rings (SSSR count). The van der Waals surface area contributed by atoms with Crippen LogP contribution in [0.5, 0.6) is 5.88 Å². The van der Waals surface area contributed by atoms with E-state index in [1.807, 2.05) is 6.07 Å². The third kappa shape index (κ3) is 3.72. The molecule has 0 aromatic carbocycles. The lowest BCUT2D eigenvalue weighted by Gasteiger charge is -2.26. The number of aromatic nitrogens is 1. The van der Waals surface area contributed by atoms with E-state index >= 15 is 0 Å². The van der Waals surface area contributed by atoms with Crippen molar-refractivity contribution in [2.45, 2.75) is 71.1 Å². The fraction of sp³-hybridized carbons (Fsp3) is 0.706. The fourth-order valence-corrected chi connectivity index (χ4v) is 2.88. The van der Waals surface area contributed by atoms with Gasteiger partial charge < -0.3 is 10.1 Å². The molecule has 110 valence electrons. The first-order valence-electron chi connectivity index (χ1n) is 8.07. The van der Waals surface area contributed by atoms with Crippen LogP contribution in [0.1, 0.15) is 56.7 Å². The zero-order valence-electron chi connectivity index (χ0n) is 12.7. The van der Waals surface area contributed by atoms with Gasteiger partial charge in [0.15, 0.2) is 0 Å². The molecule has 20 heavy (non-hydrogen) atoms. The highest BCUT2D eigenvalue weighted by Crippen LogP contribution is 2.27. The van der Waals surface area contributed by atoms with Gasteiger partial charge in [0.1, 0.15) is 6.10 Å². The second-order valence-corrected chi connectivity index (χ2v) is 6.55. The second kappa shape index (κ2) is 6.13. The molecule has 3 nitrogen and oxygen atoms in total. The standard InChI is InChI=1S/C17H26N2O/c1-12-3-8-16(9-4-12)20-17-10-5-14(13(2)19-17)11-18-15-6-7-15/h5,10,12,15-16,18H,3-4,6-9,11H2,1-2H3. The van der Waals surface area contributed by atoms with Crippen molar-refractivity contribution < 1.29 is 4.74 Å². The number of hydrogen-bond acceptors (Lipinski definition) is 3. The van der Waals surface area contributed by atoms with Gasteiger partial charge in [0.05, 0.1) is 0 Å². The van der Waals surface area contributed by atoms with Gasteiger partial charge in [-0.3, -0.25) is 0 Å². The van der Waals surface area contributed by atoms with E-state index in [2.05, 4.69) is 30.2 Å². The van der Waals surface area contributed by atoms with Crippen molar-refractivity contribution in [3.8, 4) is 5.88 Å². The van der Waals surface area contributed by atoms with Crippen LogP contribution in [0.15, 0.2) is 12.1 Å². The Kier molecular flexibility index (Phi) is 4.25. The van der Waals surface area contributed by atoms with Crippen LogP contribution in [0.4, 0.5) is 0 Å². The van der Waals surface area contributed by atoms with Crippen LogP contribution in [-0.2, 0) is 6.54 Å². The van der Waals surface area contributed by atoms with Gasteiger partial charge in [0.2, 0.25) is 5.88 Å². The van der Waals surface area contributed by atoms with E-state index in [9.17, 15) is 0 Å². The Labute approximate surface area is 122 Å². The van der Waals surface area contributed by atoms with Gasteiger partial charge in [-0.1, -0.05) is 13.0 Å². The van der Waals surface area contributed by atoms with Crippen molar-refractivity contribution in [2.75, 3.05) is 0 Å². The minimum atomic E-state index is 0.369. The highest BCUT2D eigenvalue weighted by molar-refractivity contribution is 5.25. The predicted molar refractivity (Wildman–Crippen MR) is 80.9 cm³/mol. The first-order valence-corrected chi connectivity index (χ1v) is 8.07. The lowest BCUT2D eigenvalue weighted by molar-refractivity contribution is 0.130. The van der Waals surface area contributed by atoms with Gasteiger partial charge in [-0.2, -0.15) is 0 Å². The van der Waals surface area contributed by atoms with Gasteiger partial charge in [0.25, 0.3) is 0 Å². The summed E-state index contributed by atoms with van der Waals surface area (Å²) in [5, 5.41) is 3.54. The number of ether oxygens (including phenoxy) is 1. The van der Waals surface area contributed by atoms with E-state index in [0.29, 0.717) is 6.10 Å². The lowest BCUT2D eigenvalue weighted by Crippen LogP contribution is -2.23. The molecule has 0 atom stereocenters. The van der Waals surface area contributed by atoms with Crippen LogP contribution in [0.2, 0.25) is 0 Å². The van der Waals surface area contributed by atoms with Gasteiger partial charge in [-0.25, -0.2) is 4.98 Å². The summed E-state index contributed by atoms with van der Waals surface area (Å²) in [5.41, 5.74) is 2.39. The molecular formula is C17H26N2O. The highest BCUT2D eigenvalue weighted by Gasteiger charge is 2.21. The van der Waals surface area contributed by atoms with Gasteiger partial charge in [0, 0.05) is 24.3 Å². The Morgan fingerprint density at radius 3 is 2.55 bits per heavy atom. The number of aryl methyl sites for hydroxylation is 1. The Hall–Kier alpha value is -1.09. The Morgan fingerprint density at radius 1 is 1.15 bits per heavy atom. The van der Waals surface area contributed by atoms with E-state index in [1.165, 1.54) is 44.1 Å². The zero-order chi connectivity index (χ0) is 13.9. The molecule has 1 aromatic heterocycles. The van der Waals surface area contributed by atoms with Crippen LogP contribution in [-0.4, -0.2) is 17.1 Å².